The van der Waals surface area contributed by atoms with Crippen LogP contribution < -0.4 is 5.32 Å². The molecule has 0 aromatic carbocycles. The molecule has 0 saturated carbocycles. The van der Waals surface area contributed by atoms with E-state index in [-0.39, 0.29) is 11.9 Å². The first-order valence-electron chi connectivity index (χ1n) is 7.43. The monoisotopic (exact) mass is 278 g/mol. The standard InChI is InChI=1S/C15H26N4O/c1-11(14-10-16-19(4)12(14)2)17-15(20)9-13-5-7-18(3)8-6-13/h10-11,13H,5-9H2,1-4H3,(H,17,20)/t11-/m1/s1. The molecule has 1 atom stereocenters. The van der Waals surface area contributed by atoms with Crippen molar-refractivity contribution in [3.05, 3.63) is 17.5 Å². The van der Waals surface area contributed by atoms with E-state index < -0.39 is 0 Å². The van der Waals surface area contributed by atoms with Crippen molar-refractivity contribution in [2.75, 3.05) is 20.1 Å². The molecule has 20 heavy (non-hydrogen) atoms. The highest BCUT2D eigenvalue weighted by Crippen LogP contribution is 2.21. The second-order valence-corrected chi connectivity index (χ2v) is 6.05. The van der Waals surface area contributed by atoms with Crippen LogP contribution in [0.25, 0.3) is 0 Å². The quantitative estimate of drug-likeness (QED) is 0.911. The Morgan fingerprint density at radius 2 is 2.10 bits per heavy atom. The van der Waals surface area contributed by atoms with Crippen LogP contribution in [0.4, 0.5) is 0 Å². The SMILES string of the molecule is Cc1c([C@@H](C)NC(=O)CC2CCN(C)CC2)cnn1C. The maximum atomic E-state index is 12.1. The Labute approximate surface area is 121 Å². The molecule has 1 saturated heterocycles. The highest BCUT2D eigenvalue weighted by Gasteiger charge is 2.21. The molecular weight excluding hydrogens is 252 g/mol. The lowest BCUT2D eigenvalue weighted by Gasteiger charge is -2.28. The van der Waals surface area contributed by atoms with Gasteiger partial charge in [-0.15, -0.1) is 0 Å². The zero-order valence-corrected chi connectivity index (χ0v) is 13.0. The first-order valence-corrected chi connectivity index (χ1v) is 7.43. The summed E-state index contributed by atoms with van der Waals surface area (Å²) < 4.78 is 1.84. The maximum absolute atomic E-state index is 12.1. The van der Waals surface area contributed by atoms with E-state index in [0.717, 1.165) is 37.2 Å². The average Bonchev–Trinajstić information content (AvgIpc) is 2.73. The highest BCUT2D eigenvalue weighted by atomic mass is 16.1. The summed E-state index contributed by atoms with van der Waals surface area (Å²) in [5, 5.41) is 7.33. The molecule has 5 heteroatoms. The van der Waals surface area contributed by atoms with Crippen molar-refractivity contribution in [1.29, 1.82) is 0 Å². The molecule has 1 amide bonds. The number of nitrogens with one attached hydrogen (secondary N) is 1. The van der Waals surface area contributed by atoms with Crippen LogP contribution >= 0.6 is 0 Å². The number of aromatic nitrogens is 2. The highest BCUT2D eigenvalue weighted by molar-refractivity contribution is 5.76. The summed E-state index contributed by atoms with van der Waals surface area (Å²) in [6.45, 7) is 6.27. The van der Waals surface area contributed by atoms with Crippen LogP contribution in [0.1, 0.15) is 43.5 Å². The van der Waals surface area contributed by atoms with E-state index in [0.29, 0.717) is 12.3 Å². The van der Waals surface area contributed by atoms with Gasteiger partial charge in [-0.25, -0.2) is 0 Å². The van der Waals surface area contributed by atoms with E-state index in [4.69, 9.17) is 0 Å². The number of carbonyl (C=O) groups excluding carboxylic acids is 1. The van der Waals surface area contributed by atoms with Crippen LogP contribution in [-0.4, -0.2) is 40.7 Å². The molecule has 5 nitrogen and oxygen atoms in total. The number of hydrogen-bond acceptors (Lipinski definition) is 3. The Morgan fingerprint density at radius 3 is 2.65 bits per heavy atom. The molecule has 0 bridgehead atoms. The number of nitrogens with zero attached hydrogens (tertiary/aromatic N) is 3. The van der Waals surface area contributed by atoms with Gasteiger partial charge < -0.3 is 10.2 Å². The van der Waals surface area contributed by atoms with Crippen LogP contribution in [-0.2, 0) is 11.8 Å². The number of amides is 1. The number of likely N-dealkylation sites (tertiary alicyclic amines) is 1. The molecule has 0 unspecified atom stereocenters. The second kappa shape index (κ2) is 6.39. The third-order valence-corrected chi connectivity index (χ3v) is 4.43. The Bertz CT molecular complexity index is 460. The molecule has 1 aliphatic heterocycles. The van der Waals surface area contributed by atoms with Crippen molar-refractivity contribution in [3.63, 3.8) is 0 Å². The molecule has 112 valence electrons. The summed E-state index contributed by atoms with van der Waals surface area (Å²) in [6.07, 6.45) is 4.75. The van der Waals surface area contributed by atoms with E-state index in [9.17, 15) is 4.79 Å². The molecular formula is C15H26N4O. The van der Waals surface area contributed by atoms with Crippen LogP contribution in [0.5, 0.6) is 0 Å². The topological polar surface area (TPSA) is 50.2 Å². The number of rotatable bonds is 4. The fourth-order valence-electron chi connectivity index (χ4n) is 2.85. The molecule has 0 aliphatic carbocycles. The molecule has 2 rings (SSSR count). The number of hydrogen-bond donors (Lipinski definition) is 1. The minimum Gasteiger partial charge on any atom is -0.349 e. The lowest BCUT2D eigenvalue weighted by Crippen LogP contribution is -2.34. The van der Waals surface area contributed by atoms with Gasteiger partial charge in [0.25, 0.3) is 0 Å². The zero-order valence-electron chi connectivity index (χ0n) is 13.0. The van der Waals surface area contributed by atoms with Gasteiger partial charge in [0.1, 0.15) is 0 Å². The van der Waals surface area contributed by atoms with Crippen LogP contribution in [0, 0.1) is 12.8 Å². The van der Waals surface area contributed by atoms with Gasteiger partial charge in [0.2, 0.25) is 5.91 Å². The maximum Gasteiger partial charge on any atom is 0.220 e. The summed E-state index contributed by atoms with van der Waals surface area (Å²) in [7, 11) is 4.06. The van der Waals surface area contributed by atoms with Gasteiger partial charge in [-0.05, 0) is 52.7 Å². The average molecular weight is 278 g/mol. The Balaban J connectivity index is 1.83. The number of piperidine rings is 1. The normalized spacial score (nSPS) is 19.0. The minimum atomic E-state index is 0.0301. The summed E-state index contributed by atoms with van der Waals surface area (Å²) in [4.78, 5) is 14.5. The van der Waals surface area contributed by atoms with Gasteiger partial charge in [0.05, 0.1) is 12.2 Å². The third-order valence-electron chi connectivity index (χ3n) is 4.43. The predicted molar refractivity (Wildman–Crippen MR) is 79.3 cm³/mol. The second-order valence-electron chi connectivity index (χ2n) is 6.05. The van der Waals surface area contributed by atoms with E-state index in [1.807, 2.05) is 31.8 Å². The van der Waals surface area contributed by atoms with E-state index in [1.54, 1.807) is 0 Å². The zero-order chi connectivity index (χ0) is 14.7. The fraction of sp³-hybridized carbons (Fsp3) is 0.733. The molecule has 1 N–H and O–H groups in total. The number of carbonyl (C=O) groups is 1. The first kappa shape index (κ1) is 15.0. The molecule has 0 radical (unpaired) electrons. The Morgan fingerprint density at radius 1 is 1.45 bits per heavy atom. The van der Waals surface area contributed by atoms with Crippen LogP contribution in [0.3, 0.4) is 0 Å². The lowest BCUT2D eigenvalue weighted by atomic mass is 9.93. The molecule has 1 aromatic heterocycles. The molecule has 1 aromatic rings. The number of aryl methyl sites for hydroxylation is 1. The molecule has 0 spiro atoms. The van der Waals surface area contributed by atoms with Gasteiger partial charge in [0, 0.05) is 24.7 Å². The van der Waals surface area contributed by atoms with Crippen molar-refractivity contribution in [2.24, 2.45) is 13.0 Å². The van der Waals surface area contributed by atoms with Crippen LogP contribution in [0.2, 0.25) is 0 Å². The third kappa shape index (κ3) is 3.60. The summed E-state index contributed by atoms with van der Waals surface area (Å²) in [6, 6.07) is 0.0301. The summed E-state index contributed by atoms with van der Waals surface area (Å²) in [5.74, 6) is 0.698. The van der Waals surface area contributed by atoms with Gasteiger partial charge in [-0.3, -0.25) is 9.48 Å². The lowest BCUT2D eigenvalue weighted by molar-refractivity contribution is -0.123. The van der Waals surface area contributed by atoms with Crippen molar-refractivity contribution >= 4 is 5.91 Å². The Hall–Kier alpha value is -1.36. The molecule has 1 fully saturated rings. The fourth-order valence-corrected chi connectivity index (χ4v) is 2.85. The van der Waals surface area contributed by atoms with Gasteiger partial charge >= 0.3 is 0 Å². The largest absolute Gasteiger partial charge is 0.349 e. The van der Waals surface area contributed by atoms with E-state index in [1.165, 1.54) is 0 Å². The minimum absolute atomic E-state index is 0.0301. The van der Waals surface area contributed by atoms with Crippen molar-refractivity contribution in [1.82, 2.24) is 20.0 Å². The first-order chi connectivity index (χ1) is 9.47. The smallest absolute Gasteiger partial charge is 0.220 e. The van der Waals surface area contributed by atoms with Gasteiger partial charge in [0.15, 0.2) is 0 Å². The van der Waals surface area contributed by atoms with Crippen molar-refractivity contribution in [2.45, 2.75) is 39.2 Å². The predicted octanol–water partition coefficient (Wildman–Crippen LogP) is 1.64. The van der Waals surface area contributed by atoms with E-state index >= 15 is 0 Å². The summed E-state index contributed by atoms with van der Waals surface area (Å²) >= 11 is 0. The van der Waals surface area contributed by atoms with Gasteiger partial charge in [-0.1, -0.05) is 0 Å². The Kier molecular flexibility index (Phi) is 4.81. The van der Waals surface area contributed by atoms with E-state index in [2.05, 4.69) is 22.4 Å². The van der Waals surface area contributed by atoms with Crippen molar-refractivity contribution < 1.29 is 4.79 Å². The van der Waals surface area contributed by atoms with Crippen molar-refractivity contribution in [3.8, 4) is 0 Å². The van der Waals surface area contributed by atoms with Gasteiger partial charge in [-0.2, -0.15) is 5.10 Å². The van der Waals surface area contributed by atoms with Crippen LogP contribution in [0.15, 0.2) is 6.20 Å². The molecule has 2 heterocycles. The summed E-state index contributed by atoms with van der Waals surface area (Å²) in [5.41, 5.74) is 2.21. The molecule has 1 aliphatic rings.